The summed E-state index contributed by atoms with van der Waals surface area (Å²) in [6, 6.07) is 10.3. The van der Waals surface area contributed by atoms with Crippen molar-refractivity contribution in [2.75, 3.05) is 11.5 Å². The van der Waals surface area contributed by atoms with Crippen LogP contribution in [0.3, 0.4) is 0 Å². The number of carbonyl (C=O) groups excluding carboxylic acids is 2. The van der Waals surface area contributed by atoms with E-state index in [1.807, 2.05) is 62.5 Å². The Morgan fingerprint density at radius 2 is 1.77 bits per heavy atom. The highest BCUT2D eigenvalue weighted by Gasteiger charge is 2.58. The molecule has 1 aliphatic heterocycles. The topological polar surface area (TPSA) is 64.6 Å². The summed E-state index contributed by atoms with van der Waals surface area (Å²) < 4.78 is 11.3. The van der Waals surface area contributed by atoms with Crippen LogP contribution in [0.15, 0.2) is 30.3 Å². The molecule has 2 unspecified atom stereocenters. The predicted molar refractivity (Wildman–Crippen MR) is 124 cm³/mol. The Bertz CT molecular complexity index is 743. The van der Waals surface area contributed by atoms with Crippen LogP contribution in [0.4, 0.5) is 4.79 Å². The third kappa shape index (κ3) is 5.28. The second-order valence-corrected chi connectivity index (χ2v) is 11.9. The van der Waals surface area contributed by atoms with Crippen LogP contribution in [0.25, 0.3) is 0 Å². The molecule has 3 rings (SSSR count). The third-order valence-electron chi connectivity index (χ3n) is 5.42. The van der Waals surface area contributed by atoms with E-state index >= 15 is 0 Å². The minimum Gasteiger partial charge on any atom is -0.456 e. The molecule has 1 heterocycles. The van der Waals surface area contributed by atoms with Crippen LogP contribution in [0.1, 0.15) is 65.4 Å². The molecule has 1 aliphatic carbocycles. The number of hydrogen-bond donors (Lipinski definition) is 1. The zero-order valence-corrected chi connectivity index (χ0v) is 20.0. The second kappa shape index (κ2) is 9.43. The molecule has 0 aromatic heterocycles. The van der Waals surface area contributed by atoms with Crippen LogP contribution in [0.2, 0.25) is 0 Å². The molecule has 1 aromatic rings. The Morgan fingerprint density at radius 3 is 2.37 bits per heavy atom. The van der Waals surface area contributed by atoms with E-state index in [9.17, 15) is 9.59 Å². The molecule has 5 nitrogen and oxygen atoms in total. The molecule has 2 atom stereocenters. The summed E-state index contributed by atoms with van der Waals surface area (Å²) in [5, 5.41) is 3.04. The first-order valence-corrected chi connectivity index (χ1v) is 12.7. The summed E-state index contributed by atoms with van der Waals surface area (Å²) in [6.45, 7) is 7.06. The van der Waals surface area contributed by atoms with Gasteiger partial charge in [0.1, 0.15) is 15.3 Å². The normalized spacial score (nSPS) is 26.5. The van der Waals surface area contributed by atoms with Gasteiger partial charge in [-0.2, -0.15) is 0 Å². The summed E-state index contributed by atoms with van der Waals surface area (Å²) in [5.74, 6) is 1.78. The highest BCUT2D eigenvalue weighted by Crippen LogP contribution is 2.62. The lowest BCUT2D eigenvalue weighted by atomic mass is 9.76. The molecule has 1 aromatic carbocycles. The van der Waals surface area contributed by atoms with Crippen LogP contribution in [0.5, 0.6) is 0 Å². The van der Waals surface area contributed by atoms with Gasteiger partial charge in [0.2, 0.25) is 0 Å². The molecule has 0 bridgehead atoms. The molecule has 30 heavy (non-hydrogen) atoms. The molecule has 1 amide bonds. The number of esters is 1. The number of amides is 1. The number of hydrogen-bond acceptors (Lipinski definition) is 6. The van der Waals surface area contributed by atoms with E-state index in [4.69, 9.17) is 9.47 Å². The van der Waals surface area contributed by atoms with Gasteiger partial charge in [0.25, 0.3) is 0 Å². The summed E-state index contributed by atoms with van der Waals surface area (Å²) >= 11 is 3.77. The van der Waals surface area contributed by atoms with E-state index in [1.165, 1.54) is 12.5 Å². The summed E-state index contributed by atoms with van der Waals surface area (Å²) in [5.41, 5.74) is -0.0567. The highest BCUT2D eigenvalue weighted by atomic mass is 32.2. The quantitative estimate of drug-likeness (QED) is 0.612. The van der Waals surface area contributed by atoms with Crippen molar-refractivity contribution in [3.05, 3.63) is 35.9 Å². The summed E-state index contributed by atoms with van der Waals surface area (Å²) in [7, 11) is 0. The van der Waals surface area contributed by atoms with E-state index in [-0.39, 0.29) is 16.1 Å². The van der Waals surface area contributed by atoms with Gasteiger partial charge in [-0.25, -0.2) is 4.79 Å². The molecular weight excluding hydrogens is 418 g/mol. The number of ether oxygens (including phenoxy) is 2. The first-order valence-electron chi connectivity index (χ1n) is 10.7. The Morgan fingerprint density at radius 1 is 1.10 bits per heavy atom. The van der Waals surface area contributed by atoms with E-state index in [2.05, 4.69) is 17.4 Å². The van der Waals surface area contributed by atoms with Gasteiger partial charge in [0, 0.05) is 19.4 Å². The second-order valence-electron chi connectivity index (χ2n) is 9.06. The average Bonchev–Trinajstić information content (AvgIpc) is 2.67. The van der Waals surface area contributed by atoms with E-state index in [0.717, 1.165) is 37.2 Å². The standard InChI is InChI=1S/C23H33NO4S2/c1-17(25)27-22(13-8-12-19(16-22)24-20(26)28-21(2,3)4)23(29-14-9-15-30-23)18-10-6-5-7-11-18/h5-7,10-11,19H,8-9,12-16H2,1-4H3,(H,24,26). The van der Waals surface area contributed by atoms with Crippen LogP contribution in [-0.2, 0) is 18.3 Å². The monoisotopic (exact) mass is 451 g/mol. The first-order chi connectivity index (χ1) is 14.2. The van der Waals surface area contributed by atoms with E-state index < -0.39 is 17.3 Å². The zero-order chi connectivity index (χ0) is 21.8. The van der Waals surface area contributed by atoms with Crippen molar-refractivity contribution >= 4 is 35.6 Å². The lowest BCUT2D eigenvalue weighted by Gasteiger charge is -2.53. The third-order valence-corrected chi connectivity index (χ3v) is 9.14. The number of carbonyl (C=O) groups is 2. The van der Waals surface area contributed by atoms with Crippen molar-refractivity contribution < 1.29 is 19.1 Å². The lowest BCUT2D eigenvalue weighted by Crippen LogP contribution is -2.58. The van der Waals surface area contributed by atoms with Gasteiger partial charge in [-0.3, -0.25) is 4.79 Å². The Balaban J connectivity index is 1.94. The van der Waals surface area contributed by atoms with Gasteiger partial charge < -0.3 is 14.8 Å². The molecule has 2 fully saturated rings. The smallest absolute Gasteiger partial charge is 0.407 e. The molecule has 1 saturated carbocycles. The Kier molecular flexibility index (Phi) is 7.33. The Labute approximate surface area is 188 Å². The maximum Gasteiger partial charge on any atom is 0.407 e. The van der Waals surface area contributed by atoms with Gasteiger partial charge >= 0.3 is 12.1 Å². The van der Waals surface area contributed by atoms with Crippen LogP contribution in [0, 0.1) is 0 Å². The zero-order valence-electron chi connectivity index (χ0n) is 18.4. The number of alkyl carbamates (subject to hydrolysis) is 1. The number of thioether (sulfide) groups is 2. The number of nitrogens with one attached hydrogen (secondary N) is 1. The fraction of sp³-hybridized carbons (Fsp3) is 0.652. The molecule has 2 aliphatic rings. The van der Waals surface area contributed by atoms with Gasteiger partial charge in [-0.15, -0.1) is 23.5 Å². The van der Waals surface area contributed by atoms with Crippen molar-refractivity contribution in [2.24, 2.45) is 0 Å². The fourth-order valence-electron chi connectivity index (χ4n) is 4.45. The average molecular weight is 452 g/mol. The summed E-state index contributed by atoms with van der Waals surface area (Å²) in [6.07, 6.45) is 3.82. The largest absolute Gasteiger partial charge is 0.456 e. The van der Waals surface area contributed by atoms with Crippen LogP contribution in [-0.4, -0.2) is 40.8 Å². The summed E-state index contributed by atoms with van der Waals surface area (Å²) in [4.78, 5) is 24.7. The maximum atomic E-state index is 12.4. The van der Waals surface area contributed by atoms with E-state index in [0.29, 0.717) is 6.42 Å². The predicted octanol–water partition coefficient (Wildman–Crippen LogP) is 5.48. The molecule has 166 valence electrons. The van der Waals surface area contributed by atoms with Crippen LogP contribution >= 0.6 is 23.5 Å². The highest BCUT2D eigenvalue weighted by molar-refractivity contribution is 8.18. The Hall–Kier alpha value is -1.34. The van der Waals surface area contributed by atoms with Crippen molar-refractivity contribution in [1.29, 1.82) is 0 Å². The minimum absolute atomic E-state index is 0.100. The maximum absolute atomic E-state index is 12.4. The SMILES string of the molecule is CC(=O)OC1(C2(c3ccccc3)SCCCS2)CCCC(NC(=O)OC(C)(C)C)C1. The van der Waals surface area contributed by atoms with Crippen molar-refractivity contribution in [3.8, 4) is 0 Å². The van der Waals surface area contributed by atoms with Crippen molar-refractivity contribution in [2.45, 2.75) is 81.1 Å². The molecule has 0 radical (unpaired) electrons. The molecule has 0 spiro atoms. The van der Waals surface area contributed by atoms with E-state index in [1.54, 1.807) is 0 Å². The minimum atomic E-state index is -0.687. The fourth-order valence-corrected chi connectivity index (χ4v) is 8.20. The molecule has 1 saturated heterocycles. The van der Waals surface area contributed by atoms with Gasteiger partial charge in [-0.1, -0.05) is 30.3 Å². The number of benzene rings is 1. The van der Waals surface area contributed by atoms with Crippen molar-refractivity contribution in [3.63, 3.8) is 0 Å². The number of rotatable bonds is 4. The van der Waals surface area contributed by atoms with Gasteiger partial charge in [0.15, 0.2) is 0 Å². The first kappa shape index (κ1) is 23.3. The molecule has 1 N–H and O–H groups in total. The van der Waals surface area contributed by atoms with Crippen LogP contribution < -0.4 is 5.32 Å². The molecular formula is C23H33NO4S2. The van der Waals surface area contributed by atoms with Gasteiger partial charge in [0.05, 0.1) is 0 Å². The van der Waals surface area contributed by atoms with Gasteiger partial charge in [-0.05, 0) is 63.5 Å². The van der Waals surface area contributed by atoms with Crippen molar-refractivity contribution in [1.82, 2.24) is 5.32 Å². The molecule has 7 heteroatoms. The lowest BCUT2D eigenvalue weighted by molar-refractivity contribution is -0.163.